The zero-order valence-electron chi connectivity index (χ0n) is 21.0. The average Bonchev–Trinajstić information content (AvgIpc) is 3.65. The zero-order chi connectivity index (χ0) is 28.3. The van der Waals surface area contributed by atoms with Gasteiger partial charge in [-0.25, -0.2) is 9.97 Å². The number of halogens is 4. The predicted octanol–water partition coefficient (Wildman–Crippen LogP) is 5.91. The Bertz CT molecular complexity index is 1520. The Hall–Kier alpha value is -3.87. The Morgan fingerprint density at radius 1 is 1.10 bits per heavy atom. The summed E-state index contributed by atoms with van der Waals surface area (Å²) in [7, 11) is 0. The maximum absolute atomic E-state index is 13.3. The minimum Gasteiger partial charge on any atom is -0.456 e. The molecule has 1 aliphatic carbocycles. The van der Waals surface area contributed by atoms with Crippen molar-refractivity contribution in [2.45, 2.75) is 25.6 Å². The van der Waals surface area contributed by atoms with Crippen LogP contribution < -0.4 is 15.4 Å². The van der Waals surface area contributed by atoms with Crippen LogP contribution in [0.1, 0.15) is 12.8 Å². The van der Waals surface area contributed by atoms with E-state index in [2.05, 4.69) is 20.6 Å². The number of carbonyl (C=O) groups excluding carboxylic acids is 1. The third-order valence-corrected chi connectivity index (χ3v) is 6.80. The quantitative estimate of drug-likeness (QED) is 0.191. The van der Waals surface area contributed by atoms with Crippen LogP contribution in [0.5, 0.6) is 11.5 Å². The van der Waals surface area contributed by atoms with Gasteiger partial charge in [0.1, 0.15) is 28.8 Å². The molecule has 0 saturated heterocycles. The van der Waals surface area contributed by atoms with E-state index in [1.165, 1.54) is 18.5 Å². The van der Waals surface area contributed by atoms with Gasteiger partial charge in [0, 0.05) is 30.2 Å². The highest BCUT2D eigenvalue weighted by Crippen LogP contribution is 2.58. The van der Waals surface area contributed by atoms with Gasteiger partial charge in [-0.1, -0.05) is 17.7 Å². The molecule has 210 valence electrons. The Labute approximate surface area is 231 Å². The van der Waals surface area contributed by atoms with Crippen LogP contribution in [0, 0.1) is 5.41 Å². The molecule has 0 radical (unpaired) electrons. The Morgan fingerprint density at radius 3 is 2.65 bits per heavy atom. The van der Waals surface area contributed by atoms with Crippen molar-refractivity contribution in [2.75, 3.05) is 30.5 Å². The minimum absolute atomic E-state index is 0.0482. The lowest BCUT2D eigenvalue weighted by Gasteiger charge is -2.18. The molecule has 2 aromatic heterocycles. The van der Waals surface area contributed by atoms with Crippen LogP contribution in [-0.4, -0.2) is 51.5 Å². The highest BCUT2D eigenvalue weighted by Gasteiger charge is 2.68. The van der Waals surface area contributed by atoms with Crippen molar-refractivity contribution >= 4 is 45.7 Å². The van der Waals surface area contributed by atoms with Gasteiger partial charge >= 0.3 is 6.18 Å². The van der Waals surface area contributed by atoms with E-state index in [9.17, 15) is 18.0 Å². The Balaban J connectivity index is 1.28. The molecule has 1 amide bonds. The number of nitrogens with one attached hydrogen (secondary N) is 2. The molecule has 0 bridgehead atoms. The first kappa shape index (κ1) is 27.7. The molecule has 0 atom stereocenters. The van der Waals surface area contributed by atoms with E-state index in [0.29, 0.717) is 30.4 Å². The molecule has 5 rings (SSSR count). The summed E-state index contributed by atoms with van der Waals surface area (Å²) in [5.41, 5.74) is -0.000418. The number of aromatic nitrogens is 3. The molecule has 4 aromatic rings. The lowest BCUT2D eigenvalue weighted by Crippen LogP contribution is -2.36. The first-order valence-electron chi connectivity index (χ1n) is 12.4. The number of nitrogens with zero attached hydrogens (tertiary/aromatic N) is 3. The van der Waals surface area contributed by atoms with Gasteiger partial charge in [-0.3, -0.25) is 4.79 Å². The smallest absolute Gasteiger partial charge is 0.403 e. The van der Waals surface area contributed by atoms with Gasteiger partial charge in [-0.05, 0) is 49.2 Å². The maximum Gasteiger partial charge on any atom is 0.403 e. The van der Waals surface area contributed by atoms with Gasteiger partial charge in [0.2, 0.25) is 5.91 Å². The van der Waals surface area contributed by atoms with E-state index in [4.69, 9.17) is 26.2 Å². The molecule has 9 nitrogen and oxygen atoms in total. The number of hydrogen-bond acceptors (Lipinski definition) is 7. The van der Waals surface area contributed by atoms with Gasteiger partial charge in [0.05, 0.1) is 30.4 Å². The van der Waals surface area contributed by atoms with Crippen molar-refractivity contribution in [1.29, 1.82) is 0 Å². The second-order valence-electron chi connectivity index (χ2n) is 9.24. The van der Waals surface area contributed by atoms with Crippen LogP contribution in [0.15, 0.2) is 61.1 Å². The normalized spacial score (nSPS) is 14.2. The molecule has 0 unspecified atom stereocenters. The second-order valence-corrected chi connectivity index (χ2v) is 9.64. The van der Waals surface area contributed by atoms with Crippen molar-refractivity contribution in [3.05, 3.63) is 66.1 Å². The topological polar surface area (TPSA) is 111 Å². The highest BCUT2D eigenvalue weighted by atomic mass is 35.5. The molecular weight excluding hydrogens is 551 g/mol. The molecule has 1 aliphatic rings. The van der Waals surface area contributed by atoms with Crippen LogP contribution in [0.4, 0.5) is 30.4 Å². The van der Waals surface area contributed by atoms with Gasteiger partial charge in [0.25, 0.3) is 0 Å². The number of benzene rings is 2. The fourth-order valence-electron chi connectivity index (χ4n) is 4.22. The number of aliphatic hydroxyl groups is 1. The maximum atomic E-state index is 13.3. The van der Waals surface area contributed by atoms with E-state index in [1.807, 2.05) is 16.8 Å². The zero-order valence-corrected chi connectivity index (χ0v) is 21.8. The van der Waals surface area contributed by atoms with Gasteiger partial charge in [-0.2, -0.15) is 13.2 Å². The van der Waals surface area contributed by atoms with Gasteiger partial charge < -0.3 is 29.8 Å². The number of hydrogen-bond donors (Lipinski definition) is 3. The lowest BCUT2D eigenvalue weighted by molar-refractivity contribution is -0.189. The third kappa shape index (κ3) is 5.83. The summed E-state index contributed by atoms with van der Waals surface area (Å²) >= 11 is 6.48. The van der Waals surface area contributed by atoms with Crippen molar-refractivity contribution in [3.63, 3.8) is 0 Å². The molecule has 2 aromatic carbocycles. The van der Waals surface area contributed by atoms with E-state index in [1.54, 1.807) is 30.3 Å². The average molecular weight is 576 g/mol. The SMILES string of the molecule is O=C(Nc1cccc(Oc2ccc(Nc3ncnc4ccn(CCOCCO)c34)cc2Cl)c1)C1(C(F)(F)F)CC1. The molecule has 40 heavy (non-hydrogen) atoms. The molecule has 2 heterocycles. The Kier molecular flexibility index (Phi) is 7.83. The standard InChI is InChI=1S/C27H25ClF3N5O4/c28-20-15-18(34-24-23-21(32-16-33-24)6-9-36(23)10-12-39-13-11-37)4-5-22(20)40-19-3-1-2-17(14-19)35-25(38)26(7-8-26)27(29,30)31/h1-6,9,14-16,37H,7-8,10-13H2,(H,35,38)(H,32,33,34). The molecular formula is C27H25ClF3N5O4. The minimum atomic E-state index is -4.59. The largest absolute Gasteiger partial charge is 0.456 e. The van der Waals surface area contributed by atoms with Gasteiger partial charge in [-0.15, -0.1) is 0 Å². The monoisotopic (exact) mass is 575 g/mol. The number of rotatable bonds is 11. The van der Waals surface area contributed by atoms with E-state index < -0.39 is 17.5 Å². The lowest BCUT2D eigenvalue weighted by atomic mass is 10.1. The van der Waals surface area contributed by atoms with Crippen molar-refractivity contribution in [2.24, 2.45) is 5.41 Å². The first-order valence-corrected chi connectivity index (χ1v) is 12.8. The molecule has 1 fully saturated rings. The molecule has 13 heteroatoms. The number of aliphatic hydroxyl groups excluding tert-OH is 1. The van der Waals surface area contributed by atoms with Gasteiger partial charge in [0.15, 0.2) is 5.82 Å². The summed E-state index contributed by atoms with van der Waals surface area (Å²) in [6.07, 6.45) is -1.72. The summed E-state index contributed by atoms with van der Waals surface area (Å²) in [6.45, 7) is 1.15. The second kappa shape index (κ2) is 11.3. The number of amides is 1. The molecule has 3 N–H and O–H groups in total. The van der Waals surface area contributed by atoms with Crippen LogP contribution in [0.25, 0.3) is 11.0 Å². The fourth-order valence-corrected chi connectivity index (χ4v) is 4.44. The number of ether oxygens (including phenoxy) is 2. The van der Waals surface area contributed by atoms with Crippen molar-refractivity contribution in [1.82, 2.24) is 14.5 Å². The van der Waals surface area contributed by atoms with Crippen LogP contribution in [0.3, 0.4) is 0 Å². The molecule has 0 aliphatic heterocycles. The summed E-state index contributed by atoms with van der Waals surface area (Å²) in [5.74, 6) is 0.0730. The van der Waals surface area contributed by atoms with Crippen LogP contribution in [-0.2, 0) is 16.1 Å². The van der Waals surface area contributed by atoms with E-state index in [0.717, 1.165) is 11.0 Å². The summed E-state index contributed by atoms with van der Waals surface area (Å²) in [6, 6.07) is 13.0. The molecule has 1 saturated carbocycles. The number of fused-ring (bicyclic) bond motifs is 1. The summed E-state index contributed by atoms with van der Waals surface area (Å²) < 4.78 is 52.9. The number of anilines is 3. The number of alkyl halides is 3. The number of carbonyl (C=O) groups is 1. The fraction of sp³-hybridized carbons (Fsp3) is 0.296. The van der Waals surface area contributed by atoms with Crippen molar-refractivity contribution < 1.29 is 32.5 Å². The van der Waals surface area contributed by atoms with E-state index in [-0.39, 0.29) is 42.5 Å². The summed E-state index contributed by atoms with van der Waals surface area (Å²) in [4.78, 5) is 21.0. The predicted molar refractivity (Wildman–Crippen MR) is 143 cm³/mol. The van der Waals surface area contributed by atoms with Crippen molar-refractivity contribution in [3.8, 4) is 11.5 Å². The highest BCUT2D eigenvalue weighted by molar-refractivity contribution is 6.32. The molecule has 0 spiro atoms. The van der Waals surface area contributed by atoms with Crippen LogP contribution >= 0.6 is 11.6 Å². The van der Waals surface area contributed by atoms with E-state index >= 15 is 0 Å². The Morgan fingerprint density at radius 2 is 1.93 bits per heavy atom. The van der Waals surface area contributed by atoms with Crippen LogP contribution in [0.2, 0.25) is 5.02 Å². The first-order chi connectivity index (χ1) is 19.2. The summed E-state index contributed by atoms with van der Waals surface area (Å²) in [5, 5.41) is 14.8. The third-order valence-electron chi connectivity index (χ3n) is 6.50.